The van der Waals surface area contributed by atoms with Crippen molar-refractivity contribution in [2.45, 2.75) is 32.9 Å². The van der Waals surface area contributed by atoms with Crippen LogP contribution < -0.4 is 5.73 Å². The number of rotatable bonds is 6. The predicted molar refractivity (Wildman–Crippen MR) is 83.7 cm³/mol. The maximum Gasteiger partial charge on any atom is 0.239 e. The van der Waals surface area contributed by atoms with E-state index < -0.39 is 12.1 Å². The summed E-state index contributed by atoms with van der Waals surface area (Å²) in [5.41, 5.74) is 6.21. The first kappa shape index (κ1) is 19.8. The lowest BCUT2D eigenvalue weighted by Gasteiger charge is -2.28. The average Bonchev–Trinajstić information content (AvgIpc) is 2.37. The van der Waals surface area contributed by atoms with Gasteiger partial charge in [0.15, 0.2) is 0 Å². The molecule has 2 atom stereocenters. The number of benzene rings is 1. The number of aliphatic hydroxyl groups is 1. The van der Waals surface area contributed by atoms with Crippen LogP contribution in [-0.4, -0.2) is 35.0 Å². The van der Waals surface area contributed by atoms with E-state index in [2.05, 4.69) is 0 Å². The lowest BCUT2D eigenvalue weighted by molar-refractivity contribution is -0.134. The van der Waals surface area contributed by atoms with E-state index in [9.17, 15) is 14.3 Å². The highest BCUT2D eigenvalue weighted by Gasteiger charge is 2.22. The van der Waals surface area contributed by atoms with Crippen LogP contribution in [-0.2, 0) is 4.79 Å². The van der Waals surface area contributed by atoms with Gasteiger partial charge in [-0.1, -0.05) is 26.0 Å². The van der Waals surface area contributed by atoms with Gasteiger partial charge in [0, 0.05) is 6.54 Å². The van der Waals surface area contributed by atoms with Gasteiger partial charge in [-0.05, 0) is 30.5 Å². The molecule has 0 radical (unpaired) electrons. The molecule has 2 unspecified atom stereocenters. The van der Waals surface area contributed by atoms with Gasteiger partial charge in [-0.15, -0.1) is 12.4 Å². The fourth-order valence-electron chi connectivity index (χ4n) is 1.98. The van der Waals surface area contributed by atoms with Crippen molar-refractivity contribution < 1.29 is 14.3 Å². The molecule has 0 aliphatic rings. The molecule has 1 amide bonds. The molecule has 120 valence electrons. The third-order valence-electron chi connectivity index (χ3n) is 2.93. The van der Waals surface area contributed by atoms with E-state index >= 15 is 0 Å². The highest BCUT2D eigenvalue weighted by atomic mass is 35.5. The summed E-state index contributed by atoms with van der Waals surface area (Å²) in [6.07, 6.45) is -0.850. The molecular weight excluding hydrogens is 295 g/mol. The summed E-state index contributed by atoms with van der Waals surface area (Å²) in [5.74, 6) is -0.273. The van der Waals surface area contributed by atoms with Crippen molar-refractivity contribution in [3.63, 3.8) is 0 Å². The van der Waals surface area contributed by atoms with E-state index in [0.717, 1.165) is 0 Å². The Bertz CT molecular complexity index is 438. The Balaban J connectivity index is 0.00000400. The minimum atomic E-state index is -0.850. The normalized spacial score (nSPS) is 13.5. The van der Waals surface area contributed by atoms with E-state index in [0.29, 0.717) is 12.1 Å². The Morgan fingerprint density at radius 3 is 2.19 bits per heavy atom. The number of carbonyl (C=O) groups excluding carboxylic acids is 1. The van der Waals surface area contributed by atoms with Crippen LogP contribution in [0.3, 0.4) is 0 Å². The van der Waals surface area contributed by atoms with Crippen LogP contribution in [0.1, 0.15) is 32.4 Å². The fraction of sp³-hybridized carbons (Fsp3) is 0.533. The van der Waals surface area contributed by atoms with Crippen molar-refractivity contribution in [3.05, 3.63) is 35.6 Å². The first-order valence-electron chi connectivity index (χ1n) is 6.79. The summed E-state index contributed by atoms with van der Waals surface area (Å²) >= 11 is 0. The van der Waals surface area contributed by atoms with E-state index in [1.54, 1.807) is 11.8 Å². The summed E-state index contributed by atoms with van der Waals surface area (Å²) in [7, 11) is 0. The third kappa shape index (κ3) is 6.42. The zero-order valence-electron chi connectivity index (χ0n) is 12.6. The van der Waals surface area contributed by atoms with Crippen LogP contribution in [0, 0.1) is 11.7 Å². The Hall–Kier alpha value is -1.17. The number of nitrogens with two attached hydrogens (primary N) is 1. The average molecular weight is 319 g/mol. The molecule has 3 N–H and O–H groups in total. The number of nitrogens with zero attached hydrogens (tertiary/aromatic N) is 1. The second kappa shape index (κ2) is 8.97. The van der Waals surface area contributed by atoms with Crippen molar-refractivity contribution in [1.82, 2.24) is 4.90 Å². The van der Waals surface area contributed by atoms with Crippen molar-refractivity contribution in [3.8, 4) is 0 Å². The molecule has 21 heavy (non-hydrogen) atoms. The van der Waals surface area contributed by atoms with Gasteiger partial charge in [0.2, 0.25) is 5.91 Å². The molecule has 6 heteroatoms. The number of halogens is 2. The van der Waals surface area contributed by atoms with Crippen molar-refractivity contribution >= 4 is 18.3 Å². The van der Waals surface area contributed by atoms with Crippen molar-refractivity contribution in [2.24, 2.45) is 11.7 Å². The summed E-state index contributed by atoms with van der Waals surface area (Å²) in [5, 5.41) is 10.2. The highest BCUT2D eigenvalue weighted by molar-refractivity contribution is 5.85. The van der Waals surface area contributed by atoms with Gasteiger partial charge >= 0.3 is 0 Å². The fourth-order valence-corrected chi connectivity index (χ4v) is 1.98. The molecule has 0 heterocycles. The number of carbonyl (C=O) groups is 1. The molecule has 1 aromatic rings. The Kier molecular flexibility index (Phi) is 8.47. The molecule has 4 nitrogen and oxygen atoms in total. The topological polar surface area (TPSA) is 66.6 Å². The largest absolute Gasteiger partial charge is 0.387 e. The molecule has 0 saturated heterocycles. The van der Waals surface area contributed by atoms with E-state index in [4.69, 9.17) is 5.73 Å². The predicted octanol–water partition coefficient (Wildman–Crippen LogP) is 2.11. The molecule has 0 aromatic heterocycles. The van der Waals surface area contributed by atoms with Gasteiger partial charge in [-0.3, -0.25) is 4.79 Å². The SMILES string of the molecule is CC(C)CN(CC(O)c1ccc(F)cc1)C(=O)C(C)N.Cl. The number of aliphatic hydroxyl groups excluding tert-OH is 1. The Morgan fingerprint density at radius 2 is 1.76 bits per heavy atom. The minimum absolute atomic E-state index is 0. The Morgan fingerprint density at radius 1 is 1.24 bits per heavy atom. The summed E-state index contributed by atoms with van der Waals surface area (Å²) < 4.78 is 12.9. The molecule has 0 bridgehead atoms. The maximum atomic E-state index is 12.9. The van der Waals surface area contributed by atoms with Crippen LogP contribution in [0.2, 0.25) is 0 Å². The van der Waals surface area contributed by atoms with Gasteiger partial charge in [0.05, 0.1) is 18.7 Å². The molecule has 1 aromatic carbocycles. The highest BCUT2D eigenvalue weighted by Crippen LogP contribution is 2.16. The smallest absolute Gasteiger partial charge is 0.239 e. The lowest BCUT2D eigenvalue weighted by atomic mass is 10.1. The molecule has 0 spiro atoms. The molecular formula is C15H24ClFN2O2. The monoisotopic (exact) mass is 318 g/mol. The molecule has 0 aliphatic carbocycles. The second-order valence-electron chi connectivity index (χ2n) is 5.49. The van der Waals surface area contributed by atoms with Gasteiger partial charge in [0.25, 0.3) is 0 Å². The van der Waals surface area contributed by atoms with Crippen molar-refractivity contribution in [2.75, 3.05) is 13.1 Å². The third-order valence-corrected chi connectivity index (χ3v) is 2.93. The van der Waals surface area contributed by atoms with E-state index in [-0.39, 0.29) is 36.6 Å². The van der Waals surface area contributed by atoms with Gasteiger partial charge < -0.3 is 15.7 Å². The summed E-state index contributed by atoms with van der Waals surface area (Å²) in [6, 6.07) is 5.01. The first-order valence-corrected chi connectivity index (χ1v) is 6.79. The minimum Gasteiger partial charge on any atom is -0.387 e. The van der Waals surface area contributed by atoms with Crippen molar-refractivity contribution in [1.29, 1.82) is 0 Å². The second-order valence-corrected chi connectivity index (χ2v) is 5.49. The van der Waals surface area contributed by atoms with Gasteiger partial charge in [0.1, 0.15) is 5.82 Å². The molecule has 0 saturated carbocycles. The van der Waals surface area contributed by atoms with Crippen LogP contribution in [0.25, 0.3) is 0 Å². The molecule has 0 aliphatic heterocycles. The zero-order chi connectivity index (χ0) is 15.3. The standard InChI is InChI=1S/C15H23FN2O2.ClH/c1-10(2)8-18(15(20)11(3)17)9-14(19)12-4-6-13(16)7-5-12;/h4-7,10-11,14,19H,8-9,17H2,1-3H3;1H. The summed E-state index contributed by atoms with van der Waals surface area (Å²) in [6.45, 7) is 6.29. The quantitative estimate of drug-likeness (QED) is 0.844. The Labute approximate surface area is 131 Å². The van der Waals surface area contributed by atoms with Crippen LogP contribution in [0.4, 0.5) is 4.39 Å². The van der Waals surface area contributed by atoms with E-state index in [1.807, 2.05) is 13.8 Å². The molecule has 1 rings (SSSR count). The molecule has 0 fully saturated rings. The summed E-state index contributed by atoms with van der Waals surface area (Å²) in [4.78, 5) is 13.6. The van der Waals surface area contributed by atoms with Crippen LogP contribution in [0.15, 0.2) is 24.3 Å². The van der Waals surface area contributed by atoms with Crippen LogP contribution >= 0.6 is 12.4 Å². The number of hydrogen-bond acceptors (Lipinski definition) is 3. The van der Waals surface area contributed by atoms with Gasteiger partial charge in [-0.2, -0.15) is 0 Å². The number of amides is 1. The van der Waals surface area contributed by atoms with Gasteiger partial charge in [-0.25, -0.2) is 4.39 Å². The first-order chi connectivity index (χ1) is 9.31. The number of hydrogen-bond donors (Lipinski definition) is 2. The zero-order valence-corrected chi connectivity index (χ0v) is 13.4. The van der Waals surface area contributed by atoms with E-state index in [1.165, 1.54) is 24.3 Å². The lowest BCUT2D eigenvalue weighted by Crippen LogP contribution is -2.45. The van der Waals surface area contributed by atoms with Crippen LogP contribution in [0.5, 0.6) is 0 Å². The maximum absolute atomic E-state index is 12.9.